The van der Waals surface area contributed by atoms with Gasteiger partial charge in [0.2, 0.25) is 0 Å². The van der Waals surface area contributed by atoms with Gasteiger partial charge in [-0.05, 0) is 35.9 Å². The van der Waals surface area contributed by atoms with Crippen molar-refractivity contribution in [1.29, 1.82) is 0 Å². The van der Waals surface area contributed by atoms with E-state index in [4.69, 9.17) is 4.74 Å². The summed E-state index contributed by atoms with van der Waals surface area (Å²) in [7, 11) is 1.66. The Morgan fingerprint density at radius 2 is 1.56 bits per heavy atom. The zero-order chi connectivity index (χ0) is 17.1. The maximum atomic E-state index is 5.23. The highest BCUT2D eigenvalue weighted by molar-refractivity contribution is 7.00. The molecule has 0 N–H and O–H groups in total. The molecule has 4 aromatic rings. The Balaban J connectivity index is 1.78. The van der Waals surface area contributed by atoms with Crippen LogP contribution in [-0.4, -0.2) is 15.9 Å². The second-order valence-corrected chi connectivity index (χ2v) is 6.00. The molecule has 0 radical (unpaired) electrons. The first-order valence-corrected chi connectivity index (χ1v) is 8.55. The molecule has 4 heteroatoms. The summed E-state index contributed by atoms with van der Waals surface area (Å²) in [6.45, 7) is 0. The summed E-state index contributed by atoms with van der Waals surface area (Å²) in [6, 6.07) is 22.0. The van der Waals surface area contributed by atoms with Crippen LogP contribution in [0.2, 0.25) is 0 Å². The fourth-order valence-electron chi connectivity index (χ4n) is 2.63. The van der Waals surface area contributed by atoms with Crippen LogP contribution in [0.15, 0.2) is 66.7 Å². The Morgan fingerprint density at radius 3 is 2.32 bits per heavy atom. The maximum absolute atomic E-state index is 5.23. The van der Waals surface area contributed by atoms with Gasteiger partial charge in [0.15, 0.2) is 0 Å². The smallest absolute Gasteiger partial charge is 0.121 e. The van der Waals surface area contributed by atoms with E-state index in [9.17, 15) is 0 Å². The van der Waals surface area contributed by atoms with Crippen molar-refractivity contribution in [3.63, 3.8) is 0 Å². The molecule has 1 aromatic heterocycles. The average Bonchev–Trinajstić information content (AvgIpc) is 3.17. The molecule has 120 valence electrons. The molecule has 0 fully saturated rings. The predicted molar refractivity (Wildman–Crippen MR) is 102 cm³/mol. The standard InChI is InChI=1S/C21H14N2OS/c1-24-18-12-9-16(10-13-18)19-14-11-17(20-21(19)23-25-22-20)8-7-15-5-3-2-4-6-15/h2-6,9-14H,1H3. The first-order valence-electron chi connectivity index (χ1n) is 7.82. The van der Waals surface area contributed by atoms with Crippen LogP contribution in [0.25, 0.3) is 22.2 Å². The molecule has 0 aliphatic rings. The summed E-state index contributed by atoms with van der Waals surface area (Å²) >= 11 is 1.21. The largest absolute Gasteiger partial charge is 0.497 e. The number of benzene rings is 3. The molecule has 3 nitrogen and oxygen atoms in total. The van der Waals surface area contributed by atoms with Crippen LogP contribution < -0.4 is 4.74 Å². The minimum absolute atomic E-state index is 0.835. The Hall–Kier alpha value is -3.16. The van der Waals surface area contributed by atoms with Gasteiger partial charge in [0.05, 0.1) is 24.4 Å². The summed E-state index contributed by atoms with van der Waals surface area (Å²) in [5.74, 6) is 7.24. The molecule has 0 unspecified atom stereocenters. The van der Waals surface area contributed by atoms with E-state index in [2.05, 4.69) is 26.7 Å². The average molecular weight is 342 g/mol. The molecule has 0 aliphatic carbocycles. The summed E-state index contributed by atoms with van der Waals surface area (Å²) in [6.07, 6.45) is 0. The highest BCUT2D eigenvalue weighted by atomic mass is 32.1. The van der Waals surface area contributed by atoms with E-state index in [1.807, 2.05) is 60.7 Å². The van der Waals surface area contributed by atoms with Crippen molar-refractivity contribution in [3.05, 3.63) is 77.9 Å². The Labute approximate surface area is 150 Å². The number of hydrogen-bond donors (Lipinski definition) is 0. The van der Waals surface area contributed by atoms with Gasteiger partial charge in [0.1, 0.15) is 16.8 Å². The molecule has 1 heterocycles. The Morgan fingerprint density at radius 1 is 0.800 bits per heavy atom. The fraction of sp³-hybridized carbons (Fsp3) is 0.0476. The molecule has 0 bridgehead atoms. The van der Waals surface area contributed by atoms with Crippen LogP contribution in [0.1, 0.15) is 11.1 Å². The molecular formula is C21H14N2OS. The second kappa shape index (κ2) is 6.76. The number of hydrogen-bond acceptors (Lipinski definition) is 4. The maximum Gasteiger partial charge on any atom is 0.121 e. The van der Waals surface area contributed by atoms with Gasteiger partial charge in [-0.1, -0.05) is 48.2 Å². The first-order chi connectivity index (χ1) is 12.3. The third-order valence-corrected chi connectivity index (χ3v) is 4.46. The number of nitrogens with zero attached hydrogens (tertiary/aromatic N) is 2. The molecule has 0 amide bonds. The number of ether oxygens (including phenoxy) is 1. The monoisotopic (exact) mass is 342 g/mol. The van der Waals surface area contributed by atoms with Crippen molar-refractivity contribution in [2.24, 2.45) is 0 Å². The molecule has 0 saturated heterocycles. The minimum Gasteiger partial charge on any atom is -0.497 e. The van der Waals surface area contributed by atoms with E-state index in [1.54, 1.807) is 7.11 Å². The lowest BCUT2D eigenvalue weighted by atomic mass is 10.0. The van der Waals surface area contributed by atoms with Crippen molar-refractivity contribution in [1.82, 2.24) is 8.75 Å². The van der Waals surface area contributed by atoms with E-state index >= 15 is 0 Å². The molecule has 0 aliphatic heterocycles. The van der Waals surface area contributed by atoms with Gasteiger partial charge in [-0.3, -0.25) is 0 Å². The summed E-state index contributed by atoms with van der Waals surface area (Å²) in [4.78, 5) is 0. The molecule has 0 atom stereocenters. The van der Waals surface area contributed by atoms with E-state index < -0.39 is 0 Å². The Bertz CT molecular complexity index is 1070. The normalized spacial score (nSPS) is 10.3. The van der Waals surface area contributed by atoms with Crippen molar-refractivity contribution < 1.29 is 4.74 Å². The third-order valence-electron chi connectivity index (χ3n) is 3.93. The van der Waals surface area contributed by atoms with Crippen LogP contribution in [0.4, 0.5) is 0 Å². The zero-order valence-corrected chi connectivity index (χ0v) is 14.4. The van der Waals surface area contributed by atoms with Crippen LogP contribution in [0.5, 0.6) is 5.75 Å². The number of rotatable bonds is 2. The molecule has 0 spiro atoms. The SMILES string of the molecule is COc1ccc(-c2ccc(C#Cc3ccccc3)c3nsnc23)cc1. The van der Waals surface area contributed by atoms with Crippen molar-refractivity contribution in [3.8, 4) is 28.7 Å². The Kier molecular flexibility index (Phi) is 4.16. The van der Waals surface area contributed by atoms with Crippen LogP contribution in [-0.2, 0) is 0 Å². The lowest BCUT2D eigenvalue weighted by Gasteiger charge is -2.05. The molecule has 0 saturated carbocycles. The van der Waals surface area contributed by atoms with E-state index in [-0.39, 0.29) is 0 Å². The lowest BCUT2D eigenvalue weighted by Crippen LogP contribution is -1.86. The van der Waals surface area contributed by atoms with Crippen LogP contribution >= 0.6 is 11.7 Å². The summed E-state index contributed by atoms with van der Waals surface area (Å²) < 4.78 is 14.2. The zero-order valence-electron chi connectivity index (χ0n) is 13.6. The highest BCUT2D eigenvalue weighted by Gasteiger charge is 2.11. The van der Waals surface area contributed by atoms with Crippen LogP contribution in [0, 0.1) is 11.8 Å². The third kappa shape index (κ3) is 3.10. The summed E-state index contributed by atoms with van der Waals surface area (Å²) in [5.41, 5.74) is 5.75. The van der Waals surface area contributed by atoms with E-state index in [0.29, 0.717) is 0 Å². The quantitative estimate of drug-likeness (QED) is 0.492. The fourth-order valence-corrected chi connectivity index (χ4v) is 3.21. The number of fused-ring (bicyclic) bond motifs is 1. The minimum atomic E-state index is 0.835. The number of aromatic nitrogens is 2. The molecule has 25 heavy (non-hydrogen) atoms. The van der Waals surface area contributed by atoms with Gasteiger partial charge < -0.3 is 4.74 Å². The van der Waals surface area contributed by atoms with E-state index in [0.717, 1.165) is 39.0 Å². The lowest BCUT2D eigenvalue weighted by molar-refractivity contribution is 0.415. The second-order valence-electron chi connectivity index (χ2n) is 5.47. The van der Waals surface area contributed by atoms with Crippen molar-refractivity contribution in [2.75, 3.05) is 7.11 Å². The van der Waals surface area contributed by atoms with Crippen LogP contribution in [0.3, 0.4) is 0 Å². The predicted octanol–water partition coefficient (Wildman–Crippen LogP) is 4.77. The number of methoxy groups -OCH3 is 1. The van der Waals surface area contributed by atoms with Gasteiger partial charge in [-0.15, -0.1) is 0 Å². The van der Waals surface area contributed by atoms with E-state index in [1.165, 1.54) is 11.7 Å². The highest BCUT2D eigenvalue weighted by Crippen LogP contribution is 2.30. The van der Waals surface area contributed by atoms with Gasteiger partial charge in [-0.25, -0.2) is 0 Å². The van der Waals surface area contributed by atoms with Gasteiger partial charge in [0, 0.05) is 11.1 Å². The topological polar surface area (TPSA) is 35.0 Å². The molecular weight excluding hydrogens is 328 g/mol. The van der Waals surface area contributed by atoms with Gasteiger partial charge >= 0.3 is 0 Å². The van der Waals surface area contributed by atoms with Gasteiger partial charge in [-0.2, -0.15) is 8.75 Å². The van der Waals surface area contributed by atoms with Crippen molar-refractivity contribution >= 4 is 22.8 Å². The summed E-state index contributed by atoms with van der Waals surface area (Å²) in [5, 5.41) is 0. The molecule has 3 aromatic carbocycles. The van der Waals surface area contributed by atoms with Gasteiger partial charge in [0.25, 0.3) is 0 Å². The first kappa shape index (κ1) is 15.4. The van der Waals surface area contributed by atoms with Crippen molar-refractivity contribution in [2.45, 2.75) is 0 Å². The molecule has 4 rings (SSSR count).